The minimum atomic E-state index is -0.358. The summed E-state index contributed by atoms with van der Waals surface area (Å²) in [5, 5.41) is 0. The predicted molar refractivity (Wildman–Crippen MR) is 85.9 cm³/mol. The van der Waals surface area contributed by atoms with E-state index in [-0.39, 0.29) is 24.3 Å². The maximum absolute atomic E-state index is 11.7. The molecule has 1 aromatic heterocycles. The molecule has 0 aliphatic rings. The molecule has 22 heavy (non-hydrogen) atoms. The number of hydrogen-bond acceptors (Lipinski definition) is 5. The van der Waals surface area contributed by atoms with Gasteiger partial charge in [-0.3, -0.25) is 9.59 Å². The summed E-state index contributed by atoms with van der Waals surface area (Å²) in [7, 11) is 2.74. The van der Waals surface area contributed by atoms with Crippen LogP contribution in [0.1, 0.15) is 23.3 Å². The molecule has 0 N–H and O–H groups in total. The Morgan fingerprint density at radius 2 is 1.82 bits per heavy atom. The van der Waals surface area contributed by atoms with Crippen LogP contribution in [0.15, 0.2) is 36.4 Å². The first-order valence-electron chi connectivity index (χ1n) is 6.89. The highest BCUT2D eigenvalue weighted by Gasteiger charge is 2.22. The Balaban J connectivity index is 2.43. The van der Waals surface area contributed by atoms with E-state index in [9.17, 15) is 9.59 Å². The average Bonchev–Trinajstić information content (AvgIpc) is 2.97. The number of esters is 2. The lowest BCUT2D eigenvalue weighted by molar-refractivity contribution is -0.142. The summed E-state index contributed by atoms with van der Waals surface area (Å²) in [5.74, 6) is -0.943. The normalized spacial score (nSPS) is 11.8. The third-order valence-corrected chi connectivity index (χ3v) is 4.82. The summed E-state index contributed by atoms with van der Waals surface area (Å²) in [4.78, 5) is 25.2. The number of methoxy groups -OCH3 is 2. The standard InChI is InChI=1S/C17H18O4S/c1-11(17(19)21-3)14-9-13(10-15(18)20-2)16(22-14)12-7-5-4-6-8-12/h4-9,11H,10H2,1-3H3. The van der Waals surface area contributed by atoms with Gasteiger partial charge < -0.3 is 9.47 Å². The van der Waals surface area contributed by atoms with Gasteiger partial charge in [0.25, 0.3) is 0 Å². The number of benzene rings is 1. The fourth-order valence-electron chi connectivity index (χ4n) is 2.15. The molecule has 0 radical (unpaired) electrons. The summed E-state index contributed by atoms with van der Waals surface area (Å²) in [6.45, 7) is 1.80. The van der Waals surface area contributed by atoms with Gasteiger partial charge in [0.1, 0.15) is 0 Å². The summed E-state index contributed by atoms with van der Waals surface area (Å²) < 4.78 is 9.56. The van der Waals surface area contributed by atoms with E-state index in [0.29, 0.717) is 0 Å². The highest BCUT2D eigenvalue weighted by molar-refractivity contribution is 7.16. The van der Waals surface area contributed by atoms with Crippen LogP contribution >= 0.6 is 11.3 Å². The van der Waals surface area contributed by atoms with Crippen LogP contribution < -0.4 is 0 Å². The molecule has 0 amide bonds. The van der Waals surface area contributed by atoms with Gasteiger partial charge in [0.05, 0.1) is 26.6 Å². The number of ether oxygens (including phenoxy) is 2. The Labute approximate surface area is 133 Å². The maximum Gasteiger partial charge on any atom is 0.313 e. The van der Waals surface area contributed by atoms with E-state index < -0.39 is 0 Å². The molecule has 0 aliphatic heterocycles. The molecular weight excluding hydrogens is 300 g/mol. The van der Waals surface area contributed by atoms with E-state index in [1.165, 1.54) is 25.6 Å². The first-order valence-corrected chi connectivity index (χ1v) is 7.71. The largest absolute Gasteiger partial charge is 0.469 e. The summed E-state index contributed by atoms with van der Waals surface area (Å²) >= 11 is 1.51. The highest BCUT2D eigenvalue weighted by atomic mass is 32.1. The Morgan fingerprint density at radius 3 is 2.41 bits per heavy atom. The molecule has 5 heteroatoms. The van der Waals surface area contributed by atoms with Crippen LogP contribution in [0.5, 0.6) is 0 Å². The predicted octanol–water partition coefficient (Wildman–Crippen LogP) is 3.41. The SMILES string of the molecule is COC(=O)Cc1cc(C(C)C(=O)OC)sc1-c1ccccc1. The molecule has 0 saturated carbocycles. The van der Waals surface area contributed by atoms with Crippen molar-refractivity contribution in [3.8, 4) is 10.4 Å². The van der Waals surface area contributed by atoms with Gasteiger partial charge >= 0.3 is 11.9 Å². The van der Waals surface area contributed by atoms with Gasteiger partial charge in [-0.05, 0) is 24.1 Å². The lowest BCUT2D eigenvalue weighted by Gasteiger charge is -2.05. The Kier molecular flexibility index (Phi) is 5.33. The van der Waals surface area contributed by atoms with Crippen LogP contribution in [0.25, 0.3) is 10.4 Å². The molecule has 0 bridgehead atoms. The topological polar surface area (TPSA) is 52.6 Å². The van der Waals surface area contributed by atoms with Crippen molar-refractivity contribution in [2.75, 3.05) is 14.2 Å². The molecule has 0 fully saturated rings. The lowest BCUT2D eigenvalue weighted by Crippen LogP contribution is -2.09. The van der Waals surface area contributed by atoms with Gasteiger partial charge in [0.15, 0.2) is 0 Å². The molecule has 0 saturated heterocycles. The third kappa shape index (κ3) is 3.54. The first-order chi connectivity index (χ1) is 10.6. The molecule has 4 nitrogen and oxygen atoms in total. The van der Waals surface area contributed by atoms with Crippen LogP contribution in [0.2, 0.25) is 0 Å². The van der Waals surface area contributed by atoms with Gasteiger partial charge in [0, 0.05) is 9.75 Å². The minimum Gasteiger partial charge on any atom is -0.469 e. The van der Waals surface area contributed by atoms with E-state index >= 15 is 0 Å². The van der Waals surface area contributed by atoms with Crippen molar-refractivity contribution in [1.29, 1.82) is 0 Å². The van der Waals surface area contributed by atoms with Crippen LogP contribution in [-0.4, -0.2) is 26.2 Å². The molecule has 0 aliphatic carbocycles. The van der Waals surface area contributed by atoms with E-state index in [1.807, 2.05) is 36.4 Å². The molecule has 1 unspecified atom stereocenters. The van der Waals surface area contributed by atoms with Gasteiger partial charge in [-0.2, -0.15) is 0 Å². The second-order valence-electron chi connectivity index (χ2n) is 4.87. The first kappa shape index (κ1) is 16.2. The van der Waals surface area contributed by atoms with Crippen molar-refractivity contribution in [3.05, 3.63) is 46.8 Å². The van der Waals surface area contributed by atoms with Crippen LogP contribution in [-0.2, 0) is 25.5 Å². The van der Waals surface area contributed by atoms with Crippen molar-refractivity contribution in [1.82, 2.24) is 0 Å². The molecule has 2 rings (SSSR count). The van der Waals surface area contributed by atoms with Crippen molar-refractivity contribution >= 4 is 23.3 Å². The Bertz CT molecular complexity index is 661. The molecule has 1 heterocycles. The summed E-state index contributed by atoms with van der Waals surface area (Å²) in [5.41, 5.74) is 1.89. The molecule has 116 valence electrons. The second kappa shape index (κ2) is 7.22. The van der Waals surface area contributed by atoms with Crippen LogP contribution in [0.4, 0.5) is 0 Å². The summed E-state index contributed by atoms with van der Waals surface area (Å²) in [6, 6.07) is 11.7. The molecule has 1 aromatic carbocycles. The average molecular weight is 318 g/mol. The van der Waals surface area contributed by atoms with E-state index in [4.69, 9.17) is 9.47 Å². The molecule has 2 aromatic rings. The quantitative estimate of drug-likeness (QED) is 0.793. The zero-order valence-electron chi connectivity index (χ0n) is 12.8. The van der Waals surface area contributed by atoms with Crippen LogP contribution in [0, 0.1) is 0 Å². The maximum atomic E-state index is 11.7. The zero-order valence-corrected chi connectivity index (χ0v) is 13.6. The molecule has 1 atom stereocenters. The van der Waals surface area contributed by atoms with E-state index in [1.54, 1.807) is 6.92 Å². The van der Waals surface area contributed by atoms with Gasteiger partial charge in [0.2, 0.25) is 0 Å². The number of hydrogen-bond donors (Lipinski definition) is 0. The highest BCUT2D eigenvalue weighted by Crippen LogP contribution is 2.37. The number of rotatable bonds is 5. The van der Waals surface area contributed by atoms with Crippen molar-refractivity contribution in [2.45, 2.75) is 19.3 Å². The van der Waals surface area contributed by atoms with Gasteiger partial charge in [-0.15, -0.1) is 11.3 Å². The van der Waals surface area contributed by atoms with E-state index in [2.05, 4.69) is 0 Å². The number of thiophene rings is 1. The monoisotopic (exact) mass is 318 g/mol. The zero-order chi connectivity index (χ0) is 16.1. The summed E-state index contributed by atoms with van der Waals surface area (Å²) in [6.07, 6.45) is 0.186. The van der Waals surface area contributed by atoms with Crippen molar-refractivity contribution < 1.29 is 19.1 Å². The van der Waals surface area contributed by atoms with E-state index in [0.717, 1.165) is 20.9 Å². The van der Waals surface area contributed by atoms with Crippen LogP contribution in [0.3, 0.4) is 0 Å². The number of carbonyl (C=O) groups excluding carboxylic acids is 2. The third-order valence-electron chi connectivity index (χ3n) is 3.41. The van der Waals surface area contributed by atoms with Crippen molar-refractivity contribution in [2.24, 2.45) is 0 Å². The smallest absolute Gasteiger partial charge is 0.313 e. The molecule has 0 spiro atoms. The lowest BCUT2D eigenvalue weighted by atomic mass is 10.0. The van der Waals surface area contributed by atoms with Gasteiger partial charge in [-0.1, -0.05) is 30.3 Å². The Morgan fingerprint density at radius 1 is 1.14 bits per heavy atom. The fraction of sp³-hybridized carbons (Fsp3) is 0.294. The Hall–Kier alpha value is -2.14. The second-order valence-corrected chi connectivity index (χ2v) is 5.95. The minimum absolute atomic E-state index is 0.186. The molecular formula is C17H18O4S. The fourth-order valence-corrected chi connectivity index (χ4v) is 3.38. The number of carbonyl (C=O) groups is 2. The van der Waals surface area contributed by atoms with Crippen molar-refractivity contribution in [3.63, 3.8) is 0 Å². The van der Waals surface area contributed by atoms with Gasteiger partial charge in [-0.25, -0.2) is 0 Å².